The lowest BCUT2D eigenvalue weighted by atomic mass is 10.1. The van der Waals surface area contributed by atoms with Crippen LogP contribution < -0.4 is 11.3 Å². The number of hydrogen-bond donors (Lipinski definition) is 2. The molecular weight excluding hydrogens is 298 g/mol. The number of aromatic nitrogens is 1. The topological polar surface area (TPSA) is 50.9 Å². The molecule has 0 aliphatic heterocycles. The number of aryl methyl sites for hydroxylation is 1. The van der Waals surface area contributed by atoms with Crippen molar-refractivity contribution in [1.82, 2.24) is 10.4 Å². The molecule has 0 aromatic carbocycles. The predicted molar refractivity (Wildman–Crippen MR) is 74.8 cm³/mol. The van der Waals surface area contributed by atoms with Gasteiger partial charge in [0.25, 0.3) is 0 Å². The van der Waals surface area contributed by atoms with E-state index in [1.54, 1.807) is 11.3 Å². The van der Waals surface area contributed by atoms with Gasteiger partial charge in [0.05, 0.1) is 6.04 Å². The number of rotatable bonds is 4. The Hall–Kier alpha value is -0.750. The predicted octanol–water partition coefficient (Wildman–Crippen LogP) is 2.96. The maximum Gasteiger partial charge on any atom is 0.0523 e. The van der Waals surface area contributed by atoms with Gasteiger partial charge < -0.3 is 0 Å². The Labute approximate surface area is 113 Å². The summed E-state index contributed by atoms with van der Waals surface area (Å²) in [6.45, 7) is 1.98. The Balaban J connectivity index is 2.17. The van der Waals surface area contributed by atoms with Gasteiger partial charge in [0, 0.05) is 27.7 Å². The van der Waals surface area contributed by atoms with Crippen molar-refractivity contribution in [3.8, 4) is 0 Å². The van der Waals surface area contributed by atoms with E-state index in [1.807, 2.05) is 19.2 Å². The van der Waals surface area contributed by atoms with Crippen LogP contribution >= 0.6 is 27.3 Å². The fourth-order valence-corrected chi connectivity index (χ4v) is 3.18. The molecule has 0 bridgehead atoms. The van der Waals surface area contributed by atoms with Crippen molar-refractivity contribution in [3.05, 3.63) is 50.4 Å². The van der Waals surface area contributed by atoms with Crippen LogP contribution in [-0.2, 0) is 6.42 Å². The molecule has 5 heteroatoms. The summed E-state index contributed by atoms with van der Waals surface area (Å²) in [7, 11) is 0. The fourth-order valence-electron chi connectivity index (χ4n) is 1.61. The molecule has 3 N–H and O–H groups in total. The van der Waals surface area contributed by atoms with E-state index in [0.29, 0.717) is 0 Å². The summed E-state index contributed by atoms with van der Waals surface area (Å²) in [5.74, 6) is 5.62. The Kier molecular flexibility index (Phi) is 4.28. The van der Waals surface area contributed by atoms with Crippen molar-refractivity contribution >= 4 is 27.3 Å². The number of halogens is 1. The molecule has 0 saturated carbocycles. The standard InChI is InChI=1S/C12H14BrN3S/c1-8-2-3-9(7-15-8)11(16-14)6-12-10(13)4-5-17-12/h2-5,7,11,16H,6,14H2,1H3. The number of hydrogen-bond acceptors (Lipinski definition) is 4. The second-order valence-electron chi connectivity index (χ2n) is 3.85. The van der Waals surface area contributed by atoms with Crippen LogP contribution in [0.4, 0.5) is 0 Å². The SMILES string of the molecule is Cc1ccc(C(Cc2sccc2Br)NN)cn1. The lowest BCUT2D eigenvalue weighted by molar-refractivity contribution is 0.553. The van der Waals surface area contributed by atoms with Crippen molar-refractivity contribution in [2.75, 3.05) is 0 Å². The van der Waals surface area contributed by atoms with Crippen molar-refractivity contribution < 1.29 is 0 Å². The molecule has 90 valence electrons. The molecule has 2 aromatic heterocycles. The molecule has 2 rings (SSSR count). The van der Waals surface area contributed by atoms with E-state index in [9.17, 15) is 0 Å². The highest BCUT2D eigenvalue weighted by Crippen LogP contribution is 2.27. The van der Waals surface area contributed by atoms with Gasteiger partial charge in [0.1, 0.15) is 0 Å². The van der Waals surface area contributed by atoms with Crippen LogP contribution in [0, 0.1) is 6.92 Å². The average molecular weight is 312 g/mol. The van der Waals surface area contributed by atoms with E-state index in [2.05, 4.69) is 43.9 Å². The Bertz CT molecular complexity index is 481. The minimum absolute atomic E-state index is 0.0954. The quantitative estimate of drug-likeness (QED) is 0.674. The van der Waals surface area contributed by atoms with Gasteiger partial charge in [0.2, 0.25) is 0 Å². The molecular formula is C12H14BrN3S. The van der Waals surface area contributed by atoms with Crippen LogP contribution in [0.1, 0.15) is 22.2 Å². The van der Waals surface area contributed by atoms with Gasteiger partial charge in [-0.05, 0) is 45.9 Å². The van der Waals surface area contributed by atoms with E-state index in [0.717, 1.165) is 22.2 Å². The van der Waals surface area contributed by atoms with Gasteiger partial charge in [-0.15, -0.1) is 11.3 Å². The maximum absolute atomic E-state index is 5.62. The molecule has 0 spiro atoms. The molecule has 2 aromatic rings. The highest BCUT2D eigenvalue weighted by molar-refractivity contribution is 9.10. The number of nitrogens with zero attached hydrogens (tertiary/aromatic N) is 1. The van der Waals surface area contributed by atoms with Crippen LogP contribution in [0.3, 0.4) is 0 Å². The molecule has 0 saturated heterocycles. The van der Waals surface area contributed by atoms with E-state index >= 15 is 0 Å². The third-order valence-corrected chi connectivity index (χ3v) is 4.57. The van der Waals surface area contributed by atoms with Crippen LogP contribution in [0.25, 0.3) is 0 Å². The summed E-state index contributed by atoms with van der Waals surface area (Å²) in [6, 6.07) is 6.22. The number of nitrogens with two attached hydrogens (primary N) is 1. The lowest BCUT2D eigenvalue weighted by Gasteiger charge is -2.15. The molecule has 0 fully saturated rings. The molecule has 1 atom stereocenters. The van der Waals surface area contributed by atoms with Crippen molar-refractivity contribution in [3.63, 3.8) is 0 Å². The Morgan fingerprint density at radius 1 is 1.47 bits per heavy atom. The van der Waals surface area contributed by atoms with E-state index in [1.165, 1.54) is 4.88 Å². The van der Waals surface area contributed by atoms with Crippen LogP contribution in [0.15, 0.2) is 34.2 Å². The Morgan fingerprint density at radius 2 is 2.29 bits per heavy atom. The van der Waals surface area contributed by atoms with E-state index in [-0.39, 0.29) is 6.04 Å². The van der Waals surface area contributed by atoms with Gasteiger partial charge in [-0.25, -0.2) is 0 Å². The first-order valence-corrected chi connectivity index (χ1v) is 6.98. The zero-order valence-electron chi connectivity index (χ0n) is 9.48. The normalized spacial score (nSPS) is 12.6. The third-order valence-electron chi connectivity index (χ3n) is 2.62. The van der Waals surface area contributed by atoms with Crippen LogP contribution in [0.2, 0.25) is 0 Å². The zero-order valence-corrected chi connectivity index (χ0v) is 11.9. The monoisotopic (exact) mass is 311 g/mol. The van der Waals surface area contributed by atoms with Crippen molar-refractivity contribution in [2.24, 2.45) is 5.84 Å². The first kappa shape index (κ1) is 12.7. The number of pyridine rings is 1. The molecule has 3 nitrogen and oxygen atoms in total. The smallest absolute Gasteiger partial charge is 0.0523 e. The minimum Gasteiger partial charge on any atom is -0.271 e. The summed E-state index contributed by atoms with van der Waals surface area (Å²) in [5.41, 5.74) is 4.97. The highest BCUT2D eigenvalue weighted by Gasteiger charge is 2.13. The van der Waals surface area contributed by atoms with Crippen molar-refractivity contribution in [1.29, 1.82) is 0 Å². The summed E-state index contributed by atoms with van der Waals surface area (Å²) in [6.07, 6.45) is 2.74. The van der Waals surface area contributed by atoms with Gasteiger partial charge in [-0.1, -0.05) is 6.07 Å². The molecule has 0 aliphatic carbocycles. The van der Waals surface area contributed by atoms with E-state index in [4.69, 9.17) is 5.84 Å². The molecule has 0 aliphatic rings. The number of hydrazine groups is 1. The number of thiophene rings is 1. The van der Waals surface area contributed by atoms with Crippen LogP contribution in [0.5, 0.6) is 0 Å². The first-order valence-electron chi connectivity index (χ1n) is 5.31. The molecule has 0 amide bonds. The van der Waals surface area contributed by atoms with Gasteiger partial charge >= 0.3 is 0 Å². The summed E-state index contributed by atoms with van der Waals surface area (Å²) < 4.78 is 1.14. The van der Waals surface area contributed by atoms with E-state index < -0.39 is 0 Å². The zero-order chi connectivity index (χ0) is 12.3. The molecule has 0 radical (unpaired) electrons. The first-order chi connectivity index (χ1) is 8.20. The van der Waals surface area contributed by atoms with Gasteiger partial charge in [0.15, 0.2) is 0 Å². The fraction of sp³-hybridized carbons (Fsp3) is 0.250. The maximum atomic E-state index is 5.62. The molecule has 1 unspecified atom stereocenters. The van der Waals surface area contributed by atoms with Gasteiger partial charge in [-0.2, -0.15) is 0 Å². The lowest BCUT2D eigenvalue weighted by Crippen LogP contribution is -2.29. The molecule has 17 heavy (non-hydrogen) atoms. The largest absolute Gasteiger partial charge is 0.271 e. The summed E-state index contributed by atoms with van der Waals surface area (Å²) in [4.78, 5) is 5.58. The highest BCUT2D eigenvalue weighted by atomic mass is 79.9. The average Bonchev–Trinajstić information content (AvgIpc) is 2.73. The summed E-state index contributed by atoms with van der Waals surface area (Å²) >= 11 is 5.26. The summed E-state index contributed by atoms with van der Waals surface area (Å²) in [5, 5.41) is 2.07. The van der Waals surface area contributed by atoms with Crippen LogP contribution in [-0.4, -0.2) is 4.98 Å². The van der Waals surface area contributed by atoms with Crippen molar-refractivity contribution in [2.45, 2.75) is 19.4 Å². The second kappa shape index (κ2) is 5.73. The minimum atomic E-state index is 0.0954. The Morgan fingerprint density at radius 3 is 2.82 bits per heavy atom. The second-order valence-corrected chi connectivity index (χ2v) is 5.70. The third kappa shape index (κ3) is 3.13. The molecule has 2 heterocycles. The van der Waals surface area contributed by atoms with Gasteiger partial charge in [-0.3, -0.25) is 16.3 Å². The number of nitrogens with one attached hydrogen (secondary N) is 1.